The second-order valence-electron chi connectivity index (χ2n) is 5.40. The molecule has 136 valence electrons. The van der Waals surface area contributed by atoms with Crippen LogP contribution in [0.5, 0.6) is 17.2 Å². The summed E-state index contributed by atoms with van der Waals surface area (Å²) in [5.41, 5.74) is 0.775. The van der Waals surface area contributed by atoms with Gasteiger partial charge in [-0.25, -0.2) is 0 Å². The number of hydrogen-bond donors (Lipinski definition) is 1. The minimum atomic E-state index is 0.439. The summed E-state index contributed by atoms with van der Waals surface area (Å²) in [5.74, 6) is 3.24. The molecule has 3 aromatic rings. The van der Waals surface area contributed by atoms with Crippen LogP contribution in [0.25, 0.3) is 11.5 Å². The molecule has 1 N–H and O–H groups in total. The van der Waals surface area contributed by atoms with Crippen molar-refractivity contribution in [2.45, 2.75) is 6.54 Å². The van der Waals surface area contributed by atoms with Gasteiger partial charge in [0, 0.05) is 6.54 Å². The summed E-state index contributed by atoms with van der Waals surface area (Å²) in [6.45, 7) is 1.65. The van der Waals surface area contributed by atoms with E-state index < -0.39 is 0 Å². The first kappa shape index (κ1) is 17.8. The summed E-state index contributed by atoms with van der Waals surface area (Å²) in [7, 11) is 3.25. The lowest BCUT2D eigenvalue weighted by molar-refractivity contribution is 0.309. The zero-order chi connectivity index (χ0) is 18.2. The van der Waals surface area contributed by atoms with E-state index in [1.54, 1.807) is 14.2 Å². The molecule has 7 heteroatoms. The Kier molecular flexibility index (Phi) is 6.05. The number of rotatable bonds is 9. The fourth-order valence-electron chi connectivity index (χ4n) is 2.36. The first-order valence-electron chi connectivity index (χ1n) is 8.23. The first-order valence-corrected chi connectivity index (χ1v) is 8.23. The van der Waals surface area contributed by atoms with Crippen molar-refractivity contribution in [3.8, 4) is 28.7 Å². The van der Waals surface area contributed by atoms with E-state index in [0.717, 1.165) is 17.1 Å². The molecule has 3 rings (SSSR count). The van der Waals surface area contributed by atoms with E-state index in [1.807, 2.05) is 48.5 Å². The molecule has 26 heavy (non-hydrogen) atoms. The van der Waals surface area contributed by atoms with Gasteiger partial charge in [-0.3, -0.25) is 0 Å². The smallest absolute Gasteiger partial charge is 0.251 e. The van der Waals surface area contributed by atoms with Crippen molar-refractivity contribution < 1.29 is 18.6 Å². The van der Waals surface area contributed by atoms with E-state index in [2.05, 4.69) is 15.5 Å². The molecule has 0 radical (unpaired) electrons. The molecule has 0 unspecified atom stereocenters. The lowest BCUT2D eigenvalue weighted by atomic mass is 10.2. The SMILES string of the molecule is COc1ccc(OCCNCc2nnc(-c3ccccc3OC)o2)cc1. The molecule has 0 saturated carbocycles. The Hall–Kier alpha value is -3.06. The van der Waals surface area contributed by atoms with Crippen LogP contribution >= 0.6 is 0 Å². The molecule has 0 fully saturated rings. The Labute approximate surface area is 151 Å². The van der Waals surface area contributed by atoms with Gasteiger partial charge in [-0.2, -0.15) is 0 Å². The third-order valence-corrected chi connectivity index (χ3v) is 3.69. The highest BCUT2D eigenvalue weighted by molar-refractivity contribution is 5.62. The van der Waals surface area contributed by atoms with E-state index in [9.17, 15) is 0 Å². The number of nitrogens with one attached hydrogen (secondary N) is 1. The molecule has 1 aromatic heterocycles. The van der Waals surface area contributed by atoms with Crippen molar-refractivity contribution >= 4 is 0 Å². The molecule has 7 nitrogen and oxygen atoms in total. The van der Waals surface area contributed by atoms with Crippen LogP contribution in [-0.4, -0.2) is 37.6 Å². The maximum Gasteiger partial charge on any atom is 0.251 e. The normalized spacial score (nSPS) is 10.5. The van der Waals surface area contributed by atoms with Crippen LogP contribution in [0.3, 0.4) is 0 Å². The lowest BCUT2D eigenvalue weighted by Crippen LogP contribution is -2.20. The fourth-order valence-corrected chi connectivity index (χ4v) is 2.36. The number of aromatic nitrogens is 2. The Morgan fingerprint density at radius 1 is 0.923 bits per heavy atom. The molecular formula is C19H21N3O4. The Morgan fingerprint density at radius 2 is 1.69 bits per heavy atom. The lowest BCUT2D eigenvalue weighted by Gasteiger charge is -2.07. The highest BCUT2D eigenvalue weighted by Gasteiger charge is 2.12. The largest absolute Gasteiger partial charge is 0.497 e. The van der Waals surface area contributed by atoms with Crippen molar-refractivity contribution in [2.75, 3.05) is 27.4 Å². The van der Waals surface area contributed by atoms with Gasteiger partial charge in [0.15, 0.2) is 0 Å². The molecule has 0 saturated heterocycles. The van der Waals surface area contributed by atoms with Gasteiger partial charge >= 0.3 is 0 Å². The third kappa shape index (κ3) is 4.52. The zero-order valence-electron chi connectivity index (χ0n) is 14.8. The Morgan fingerprint density at radius 3 is 2.46 bits per heavy atom. The van der Waals surface area contributed by atoms with Gasteiger partial charge in [0.1, 0.15) is 23.9 Å². The number of methoxy groups -OCH3 is 2. The average Bonchev–Trinajstić information content (AvgIpc) is 3.17. The number of hydrogen-bond acceptors (Lipinski definition) is 7. The molecule has 1 heterocycles. The van der Waals surface area contributed by atoms with Gasteiger partial charge in [-0.1, -0.05) is 12.1 Å². The van der Waals surface area contributed by atoms with Crippen molar-refractivity contribution in [2.24, 2.45) is 0 Å². The first-order chi connectivity index (χ1) is 12.8. The van der Waals surface area contributed by atoms with E-state index in [1.165, 1.54) is 0 Å². The van der Waals surface area contributed by atoms with Crippen LogP contribution in [0.15, 0.2) is 52.9 Å². The number of benzene rings is 2. The van der Waals surface area contributed by atoms with Gasteiger partial charge in [0.05, 0.1) is 26.3 Å². The van der Waals surface area contributed by atoms with Gasteiger partial charge in [-0.15, -0.1) is 10.2 Å². The summed E-state index contributed by atoms with van der Waals surface area (Å²) in [6.07, 6.45) is 0. The minimum Gasteiger partial charge on any atom is -0.497 e. The van der Waals surface area contributed by atoms with Crippen LogP contribution in [0.4, 0.5) is 0 Å². The quantitative estimate of drug-likeness (QED) is 0.591. The monoisotopic (exact) mass is 355 g/mol. The van der Waals surface area contributed by atoms with E-state index in [0.29, 0.717) is 37.2 Å². The second-order valence-corrected chi connectivity index (χ2v) is 5.40. The van der Waals surface area contributed by atoms with E-state index in [-0.39, 0.29) is 0 Å². The van der Waals surface area contributed by atoms with Crippen molar-refractivity contribution in [3.63, 3.8) is 0 Å². The molecule has 0 atom stereocenters. The van der Waals surface area contributed by atoms with Crippen molar-refractivity contribution in [3.05, 3.63) is 54.4 Å². The van der Waals surface area contributed by atoms with Crippen LogP contribution in [-0.2, 0) is 6.54 Å². The van der Waals surface area contributed by atoms with E-state index >= 15 is 0 Å². The molecule has 0 aliphatic carbocycles. The summed E-state index contributed by atoms with van der Waals surface area (Å²) >= 11 is 0. The van der Waals surface area contributed by atoms with Crippen LogP contribution < -0.4 is 19.5 Å². The molecule has 0 amide bonds. The Bertz CT molecular complexity index is 818. The maximum absolute atomic E-state index is 5.68. The van der Waals surface area contributed by atoms with Crippen LogP contribution in [0.1, 0.15) is 5.89 Å². The standard InChI is InChI=1S/C19H21N3O4/c1-23-14-7-9-15(10-8-14)25-12-11-20-13-18-21-22-19(26-18)16-5-3-4-6-17(16)24-2/h3-10,20H,11-13H2,1-2H3. The van der Waals surface area contributed by atoms with Gasteiger partial charge in [0.2, 0.25) is 5.89 Å². The minimum absolute atomic E-state index is 0.439. The fraction of sp³-hybridized carbons (Fsp3) is 0.263. The number of para-hydroxylation sites is 1. The third-order valence-electron chi connectivity index (χ3n) is 3.69. The highest BCUT2D eigenvalue weighted by Crippen LogP contribution is 2.28. The van der Waals surface area contributed by atoms with Crippen molar-refractivity contribution in [1.82, 2.24) is 15.5 Å². The molecule has 2 aromatic carbocycles. The highest BCUT2D eigenvalue weighted by atomic mass is 16.5. The predicted molar refractivity (Wildman–Crippen MR) is 96.5 cm³/mol. The molecule has 0 spiro atoms. The molecular weight excluding hydrogens is 334 g/mol. The van der Waals surface area contributed by atoms with Crippen LogP contribution in [0, 0.1) is 0 Å². The maximum atomic E-state index is 5.68. The van der Waals surface area contributed by atoms with Crippen LogP contribution in [0.2, 0.25) is 0 Å². The number of nitrogens with zero attached hydrogens (tertiary/aromatic N) is 2. The van der Waals surface area contributed by atoms with Crippen molar-refractivity contribution in [1.29, 1.82) is 0 Å². The van der Waals surface area contributed by atoms with Gasteiger partial charge in [-0.05, 0) is 36.4 Å². The van der Waals surface area contributed by atoms with Gasteiger partial charge < -0.3 is 23.9 Å². The topological polar surface area (TPSA) is 78.6 Å². The second kappa shape index (κ2) is 8.87. The van der Waals surface area contributed by atoms with E-state index in [4.69, 9.17) is 18.6 Å². The Balaban J connectivity index is 1.45. The molecule has 0 aliphatic rings. The summed E-state index contributed by atoms with van der Waals surface area (Å²) < 4.78 is 21.8. The molecule has 0 aliphatic heterocycles. The zero-order valence-corrected chi connectivity index (χ0v) is 14.8. The predicted octanol–water partition coefficient (Wildman–Crippen LogP) is 2.92. The summed E-state index contributed by atoms with van der Waals surface area (Å²) in [6, 6.07) is 15.0. The number of ether oxygens (including phenoxy) is 3. The summed E-state index contributed by atoms with van der Waals surface area (Å²) in [4.78, 5) is 0. The average molecular weight is 355 g/mol. The molecule has 0 bridgehead atoms. The summed E-state index contributed by atoms with van der Waals surface area (Å²) in [5, 5.41) is 11.3. The van der Waals surface area contributed by atoms with Gasteiger partial charge in [0.25, 0.3) is 5.89 Å².